The third-order valence-corrected chi connectivity index (χ3v) is 10.5. The van der Waals surface area contributed by atoms with Gasteiger partial charge >= 0.3 is 18.3 Å². The third-order valence-electron chi connectivity index (χ3n) is 10.5. The molecule has 3 heterocycles. The van der Waals surface area contributed by atoms with Crippen molar-refractivity contribution >= 4 is 5.97 Å². The molecule has 0 radical (unpaired) electrons. The summed E-state index contributed by atoms with van der Waals surface area (Å²) >= 11 is 0. The first-order valence-electron chi connectivity index (χ1n) is 15.3. The largest absolute Gasteiger partial charge is 0.487 e. The smallest absolute Gasteiger partial charge is 0.416 e. The van der Waals surface area contributed by atoms with Gasteiger partial charge in [0.1, 0.15) is 11.4 Å². The predicted molar refractivity (Wildman–Crippen MR) is 148 cm³/mol. The van der Waals surface area contributed by atoms with Crippen molar-refractivity contribution in [2.24, 2.45) is 11.8 Å². The standard InChI is InChI=1S/C33H37F6NO3/c1-18(30(41)42)29(21-4-5-21)22-6-3-20-11-13-31(43-28(20)15-22)14-12-24-8-9-25(17-31)40(24)19(2)26-16-23(32(34,35)36)7-10-27(26)33(37,38)39/h3,6-7,10,15-16,18-19,21,24-25,29H,4-5,8-9,11-14,17H2,1-2H3,(H,41,42)/t18-,19+,24?,25?,29-,31?/m0/s1. The van der Waals surface area contributed by atoms with Crippen LogP contribution < -0.4 is 4.74 Å². The number of hydrogen-bond donors (Lipinski definition) is 1. The second kappa shape index (κ2) is 10.7. The Kier molecular flexibility index (Phi) is 7.54. The van der Waals surface area contributed by atoms with E-state index in [0.717, 1.165) is 55.4 Å². The summed E-state index contributed by atoms with van der Waals surface area (Å²) in [5, 5.41) is 9.73. The van der Waals surface area contributed by atoms with Crippen molar-refractivity contribution < 1.29 is 41.0 Å². The van der Waals surface area contributed by atoms with Crippen LogP contribution >= 0.6 is 0 Å². The number of nitrogens with zero attached hydrogens (tertiary/aromatic N) is 1. The van der Waals surface area contributed by atoms with Gasteiger partial charge in [-0.2, -0.15) is 26.3 Å². The van der Waals surface area contributed by atoms with Crippen LogP contribution in [0, 0.1) is 11.8 Å². The van der Waals surface area contributed by atoms with Gasteiger partial charge in [0.2, 0.25) is 0 Å². The number of halogens is 6. The molecule has 3 unspecified atom stereocenters. The van der Waals surface area contributed by atoms with Crippen LogP contribution in [-0.4, -0.2) is 33.7 Å². The number of aryl methyl sites for hydroxylation is 1. The molecule has 1 N–H and O–H groups in total. The Morgan fingerprint density at radius 3 is 2.30 bits per heavy atom. The molecular formula is C33H37F6NO3. The number of alkyl halides is 6. The minimum absolute atomic E-state index is 0.0537. The second-order valence-corrected chi connectivity index (χ2v) is 13.2. The number of rotatable bonds is 6. The maximum absolute atomic E-state index is 14.0. The van der Waals surface area contributed by atoms with Crippen molar-refractivity contribution in [3.05, 3.63) is 64.2 Å². The third kappa shape index (κ3) is 5.76. The maximum Gasteiger partial charge on any atom is 0.416 e. The summed E-state index contributed by atoms with van der Waals surface area (Å²) in [6.45, 7) is 3.35. The van der Waals surface area contributed by atoms with E-state index < -0.39 is 47.0 Å². The summed E-state index contributed by atoms with van der Waals surface area (Å²) in [6, 6.07) is 6.77. The lowest BCUT2D eigenvalue weighted by Crippen LogP contribution is -2.44. The quantitative estimate of drug-likeness (QED) is 0.333. The lowest BCUT2D eigenvalue weighted by molar-refractivity contribution is -0.142. The molecule has 6 rings (SSSR count). The van der Waals surface area contributed by atoms with E-state index in [9.17, 15) is 36.2 Å². The van der Waals surface area contributed by atoms with Gasteiger partial charge in [-0.05, 0) is 111 Å². The number of carboxylic acids is 1. The van der Waals surface area contributed by atoms with E-state index in [1.54, 1.807) is 13.8 Å². The molecule has 2 saturated heterocycles. The molecule has 2 aromatic rings. The van der Waals surface area contributed by atoms with Crippen LogP contribution in [0.3, 0.4) is 0 Å². The van der Waals surface area contributed by atoms with Crippen LogP contribution in [0.25, 0.3) is 0 Å². The van der Waals surface area contributed by atoms with Crippen LogP contribution in [0.5, 0.6) is 5.75 Å². The monoisotopic (exact) mass is 609 g/mol. The van der Waals surface area contributed by atoms with Crippen molar-refractivity contribution in [3.63, 3.8) is 0 Å². The van der Waals surface area contributed by atoms with Crippen LogP contribution in [0.1, 0.15) is 105 Å². The fourth-order valence-corrected chi connectivity index (χ4v) is 8.20. The highest BCUT2D eigenvalue weighted by Crippen LogP contribution is 2.52. The average Bonchev–Trinajstić information content (AvgIpc) is 3.71. The zero-order chi connectivity index (χ0) is 30.9. The van der Waals surface area contributed by atoms with Crippen molar-refractivity contribution in [1.82, 2.24) is 4.90 Å². The number of benzene rings is 2. The molecular weight excluding hydrogens is 572 g/mol. The van der Waals surface area contributed by atoms with E-state index in [0.29, 0.717) is 43.4 Å². The Hall–Kier alpha value is -2.75. The number of carboxylic acid groups (broad SMARTS) is 1. The van der Waals surface area contributed by atoms with E-state index in [4.69, 9.17) is 4.74 Å². The molecule has 0 amide bonds. The molecule has 3 fully saturated rings. The first-order chi connectivity index (χ1) is 20.2. The van der Waals surface area contributed by atoms with E-state index in [1.165, 1.54) is 0 Å². The number of fused-ring (bicyclic) bond motifs is 3. The zero-order valence-electron chi connectivity index (χ0n) is 24.3. The van der Waals surface area contributed by atoms with Crippen LogP contribution in [0.4, 0.5) is 26.3 Å². The molecule has 4 aliphatic rings. The first-order valence-corrected chi connectivity index (χ1v) is 15.3. The van der Waals surface area contributed by atoms with E-state index in [2.05, 4.69) is 0 Å². The summed E-state index contributed by atoms with van der Waals surface area (Å²) in [4.78, 5) is 13.9. The van der Waals surface area contributed by atoms with E-state index >= 15 is 0 Å². The Morgan fingerprint density at radius 2 is 1.65 bits per heavy atom. The van der Waals surface area contributed by atoms with Gasteiger partial charge in [0, 0.05) is 24.5 Å². The second-order valence-electron chi connectivity index (χ2n) is 13.2. The number of hydrogen-bond acceptors (Lipinski definition) is 3. The number of ether oxygens (including phenoxy) is 1. The molecule has 234 valence electrons. The first kappa shape index (κ1) is 30.3. The van der Waals surface area contributed by atoms with Gasteiger partial charge in [0.05, 0.1) is 17.0 Å². The van der Waals surface area contributed by atoms with Crippen LogP contribution in [0.15, 0.2) is 36.4 Å². The SMILES string of the molecule is C[C@H](C(=O)O)[C@H](c1ccc2c(c1)OC1(CC2)CCC2CCC(C1)N2[C@H](C)c1cc(C(F)(F)F)ccc1C(F)(F)F)C1CC1. The molecule has 0 aromatic heterocycles. The van der Waals surface area contributed by atoms with Gasteiger partial charge in [0.25, 0.3) is 0 Å². The Morgan fingerprint density at radius 1 is 0.930 bits per heavy atom. The number of carbonyl (C=O) groups is 1. The van der Waals surface area contributed by atoms with Crippen molar-refractivity contribution in [3.8, 4) is 5.75 Å². The van der Waals surface area contributed by atoms with E-state index in [-0.39, 0.29) is 23.6 Å². The molecule has 4 nitrogen and oxygen atoms in total. The highest BCUT2D eigenvalue weighted by molar-refractivity contribution is 5.71. The van der Waals surface area contributed by atoms with Gasteiger partial charge in [-0.15, -0.1) is 0 Å². The molecule has 6 atom stereocenters. The molecule has 1 saturated carbocycles. The fraction of sp³-hybridized carbons (Fsp3) is 0.606. The van der Waals surface area contributed by atoms with E-state index in [1.807, 2.05) is 23.1 Å². The highest BCUT2D eigenvalue weighted by Gasteiger charge is 2.50. The highest BCUT2D eigenvalue weighted by atomic mass is 19.4. The van der Waals surface area contributed by atoms with Crippen LogP contribution in [0.2, 0.25) is 0 Å². The fourth-order valence-electron chi connectivity index (χ4n) is 8.20. The van der Waals surface area contributed by atoms with Crippen LogP contribution in [-0.2, 0) is 23.6 Å². The van der Waals surface area contributed by atoms with Gasteiger partial charge < -0.3 is 9.84 Å². The number of aliphatic carboxylic acids is 1. The van der Waals surface area contributed by atoms with Gasteiger partial charge in [0.15, 0.2) is 0 Å². The van der Waals surface area contributed by atoms with Crippen molar-refractivity contribution in [1.29, 1.82) is 0 Å². The lowest BCUT2D eigenvalue weighted by atomic mass is 9.79. The maximum atomic E-state index is 14.0. The summed E-state index contributed by atoms with van der Waals surface area (Å²) in [5.74, 6) is -0.356. The molecule has 10 heteroatoms. The molecule has 2 bridgehead atoms. The molecule has 1 aliphatic carbocycles. The summed E-state index contributed by atoms with van der Waals surface area (Å²) < 4.78 is 89.5. The summed E-state index contributed by atoms with van der Waals surface area (Å²) in [5.41, 5.74) is -0.952. The minimum Gasteiger partial charge on any atom is -0.487 e. The Labute approximate surface area is 247 Å². The topological polar surface area (TPSA) is 49.8 Å². The molecule has 43 heavy (non-hydrogen) atoms. The Balaban J connectivity index is 1.28. The van der Waals surface area contributed by atoms with Crippen molar-refractivity contribution in [2.75, 3.05) is 0 Å². The summed E-state index contributed by atoms with van der Waals surface area (Å²) in [7, 11) is 0. The predicted octanol–water partition coefficient (Wildman–Crippen LogP) is 8.78. The molecule has 2 aromatic carbocycles. The lowest BCUT2D eigenvalue weighted by Gasteiger charge is -2.41. The van der Waals surface area contributed by atoms with Gasteiger partial charge in [-0.1, -0.05) is 19.1 Å². The van der Waals surface area contributed by atoms with Gasteiger partial charge in [-0.3, -0.25) is 9.69 Å². The average molecular weight is 610 g/mol. The minimum atomic E-state index is -4.77. The normalized spacial score (nSPS) is 28.1. The zero-order valence-corrected chi connectivity index (χ0v) is 24.3. The van der Waals surface area contributed by atoms with Crippen molar-refractivity contribution in [2.45, 2.75) is 114 Å². The summed E-state index contributed by atoms with van der Waals surface area (Å²) in [6.07, 6.45) is -2.51. The molecule has 3 aliphatic heterocycles. The van der Waals surface area contributed by atoms with Gasteiger partial charge in [-0.25, -0.2) is 0 Å². The molecule has 1 spiro atoms. The Bertz CT molecular complexity index is 1390.